The van der Waals surface area contributed by atoms with Crippen LogP contribution in [-0.4, -0.2) is 0 Å². The van der Waals surface area contributed by atoms with Gasteiger partial charge in [0.1, 0.15) is 0 Å². The highest BCUT2D eigenvalue weighted by atomic mass is 14.2. The first-order valence-electron chi connectivity index (χ1n) is 18.7. The molecule has 0 fully saturated rings. The highest BCUT2D eigenvalue weighted by molar-refractivity contribution is 6.22. The third kappa shape index (κ3) is 5.48. The minimum absolute atomic E-state index is 1.20. The molecular weight excluding hydrogens is 649 g/mol. The molecule has 0 saturated carbocycles. The van der Waals surface area contributed by atoms with Gasteiger partial charge in [0.2, 0.25) is 0 Å². The van der Waals surface area contributed by atoms with Gasteiger partial charge in [-0.2, -0.15) is 0 Å². The maximum atomic E-state index is 2.45. The molecule has 0 heteroatoms. The maximum absolute atomic E-state index is 2.45. The van der Waals surface area contributed by atoms with Crippen LogP contribution in [-0.2, 0) is 0 Å². The first-order chi connectivity index (χ1) is 26.8. The van der Waals surface area contributed by atoms with Crippen LogP contribution >= 0.6 is 0 Å². The molecule has 252 valence electrons. The summed E-state index contributed by atoms with van der Waals surface area (Å²) in [5.74, 6) is 0. The molecule has 0 aliphatic rings. The molecule has 0 spiro atoms. The smallest absolute Gasteiger partial charge is 0.00204 e. The lowest BCUT2D eigenvalue weighted by Gasteiger charge is -2.20. The van der Waals surface area contributed by atoms with E-state index in [2.05, 4.69) is 218 Å². The van der Waals surface area contributed by atoms with E-state index < -0.39 is 0 Å². The standard InChI is InChI=1S/C54H36/c1-4-17-37(18-5-1)41-23-16-24-42(35-41)44-25-10-11-26-46(44)54-45(38-19-6-2-7-20-38)34-33-39-31-32-43(36-51(39)54)53-49-29-14-12-27-47(49)52(40-21-8-3-9-22-40)48-28-13-15-30-50(48)53/h1-36H. The van der Waals surface area contributed by atoms with Crippen molar-refractivity contribution in [2.24, 2.45) is 0 Å². The van der Waals surface area contributed by atoms with Crippen molar-refractivity contribution in [2.75, 3.05) is 0 Å². The van der Waals surface area contributed by atoms with Crippen molar-refractivity contribution >= 4 is 32.3 Å². The zero-order valence-electron chi connectivity index (χ0n) is 29.8. The average Bonchev–Trinajstić information content (AvgIpc) is 3.26. The van der Waals surface area contributed by atoms with E-state index in [9.17, 15) is 0 Å². The van der Waals surface area contributed by atoms with Gasteiger partial charge < -0.3 is 0 Å². The topological polar surface area (TPSA) is 0 Å². The molecule has 0 saturated heterocycles. The van der Waals surface area contributed by atoms with Gasteiger partial charge in [0, 0.05) is 0 Å². The first kappa shape index (κ1) is 31.7. The van der Waals surface area contributed by atoms with E-state index in [4.69, 9.17) is 0 Å². The van der Waals surface area contributed by atoms with E-state index >= 15 is 0 Å². The molecule has 0 heterocycles. The van der Waals surface area contributed by atoms with Crippen molar-refractivity contribution in [1.82, 2.24) is 0 Å². The van der Waals surface area contributed by atoms with Gasteiger partial charge in [0.15, 0.2) is 0 Å². The zero-order valence-corrected chi connectivity index (χ0v) is 29.8. The molecule has 0 aliphatic carbocycles. The Morgan fingerprint density at radius 1 is 0.185 bits per heavy atom. The summed E-state index contributed by atoms with van der Waals surface area (Å²) >= 11 is 0. The molecule has 0 aliphatic heterocycles. The fraction of sp³-hybridized carbons (Fsp3) is 0. The molecule has 0 atom stereocenters. The van der Waals surface area contributed by atoms with Crippen LogP contribution in [0.1, 0.15) is 0 Å². The second-order valence-corrected chi connectivity index (χ2v) is 14.0. The lowest BCUT2D eigenvalue weighted by molar-refractivity contribution is 1.57. The lowest BCUT2D eigenvalue weighted by Crippen LogP contribution is -1.93. The molecule has 0 aromatic heterocycles. The van der Waals surface area contributed by atoms with Gasteiger partial charge in [0.25, 0.3) is 0 Å². The number of benzene rings is 10. The number of rotatable bonds is 6. The molecule has 0 bridgehead atoms. The summed E-state index contributed by atoms with van der Waals surface area (Å²) in [6.07, 6.45) is 0. The third-order valence-corrected chi connectivity index (χ3v) is 10.9. The Kier molecular flexibility index (Phi) is 7.93. The Labute approximate surface area is 316 Å². The third-order valence-electron chi connectivity index (χ3n) is 10.9. The molecule has 0 unspecified atom stereocenters. The molecule has 10 aromatic rings. The van der Waals surface area contributed by atoms with Crippen molar-refractivity contribution in [1.29, 1.82) is 0 Å². The second kappa shape index (κ2) is 13.5. The summed E-state index contributed by atoms with van der Waals surface area (Å²) < 4.78 is 0. The van der Waals surface area contributed by atoms with Gasteiger partial charge in [-0.15, -0.1) is 0 Å². The highest BCUT2D eigenvalue weighted by Crippen LogP contribution is 2.47. The number of hydrogen-bond acceptors (Lipinski definition) is 0. The minimum Gasteiger partial charge on any atom is -0.0622 e. The van der Waals surface area contributed by atoms with Crippen molar-refractivity contribution in [3.8, 4) is 66.8 Å². The average molecular weight is 685 g/mol. The normalized spacial score (nSPS) is 11.3. The summed E-state index contributed by atoms with van der Waals surface area (Å²) in [6, 6.07) is 79.8. The van der Waals surface area contributed by atoms with Crippen molar-refractivity contribution in [3.05, 3.63) is 218 Å². The number of fused-ring (bicyclic) bond motifs is 3. The molecule has 0 amide bonds. The Morgan fingerprint density at radius 2 is 0.648 bits per heavy atom. The van der Waals surface area contributed by atoms with Crippen molar-refractivity contribution in [2.45, 2.75) is 0 Å². The van der Waals surface area contributed by atoms with Gasteiger partial charge in [0.05, 0.1) is 0 Å². The predicted octanol–water partition coefficient (Wildman–Crippen LogP) is 15.1. The van der Waals surface area contributed by atoms with Gasteiger partial charge in [-0.1, -0.05) is 206 Å². The van der Waals surface area contributed by atoms with E-state index in [0.717, 1.165) is 0 Å². The maximum Gasteiger partial charge on any atom is -0.00204 e. The summed E-state index contributed by atoms with van der Waals surface area (Å²) in [6.45, 7) is 0. The monoisotopic (exact) mass is 684 g/mol. The van der Waals surface area contributed by atoms with Crippen LogP contribution in [0.5, 0.6) is 0 Å². The summed E-state index contributed by atoms with van der Waals surface area (Å²) in [5, 5.41) is 7.50. The Hall–Kier alpha value is -7.02. The summed E-state index contributed by atoms with van der Waals surface area (Å²) in [4.78, 5) is 0. The van der Waals surface area contributed by atoms with Crippen LogP contribution in [0, 0.1) is 0 Å². The quantitative estimate of drug-likeness (QED) is 0.153. The Morgan fingerprint density at radius 3 is 1.28 bits per heavy atom. The summed E-state index contributed by atoms with van der Waals surface area (Å²) in [7, 11) is 0. The fourth-order valence-electron chi connectivity index (χ4n) is 8.43. The molecule has 0 radical (unpaired) electrons. The molecule has 0 nitrogen and oxygen atoms in total. The second-order valence-electron chi connectivity index (χ2n) is 14.0. The molecule has 54 heavy (non-hydrogen) atoms. The van der Waals surface area contributed by atoms with Crippen molar-refractivity contribution < 1.29 is 0 Å². The van der Waals surface area contributed by atoms with Crippen LogP contribution in [0.15, 0.2) is 218 Å². The van der Waals surface area contributed by atoms with Gasteiger partial charge in [-0.3, -0.25) is 0 Å². The molecule has 0 N–H and O–H groups in total. The molecular formula is C54H36. The van der Waals surface area contributed by atoms with Gasteiger partial charge in [-0.25, -0.2) is 0 Å². The highest BCUT2D eigenvalue weighted by Gasteiger charge is 2.20. The van der Waals surface area contributed by atoms with Crippen LogP contribution < -0.4 is 0 Å². The number of hydrogen-bond donors (Lipinski definition) is 0. The van der Waals surface area contributed by atoms with Gasteiger partial charge in [-0.05, 0) is 111 Å². The largest absolute Gasteiger partial charge is 0.0622 e. The van der Waals surface area contributed by atoms with E-state index in [1.54, 1.807) is 0 Å². The van der Waals surface area contributed by atoms with E-state index in [1.165, 1.54) is 99.1 Å². The van der Waals surface area contributed by atoms with E-state index in [1.807, 2.05) is 0 Å². The van der Waals surface area contributed by atoms with Crippen molar-refractivity contribution in [3.63, 3.8) is 0 Å². The molecule has 10 rings (SSSR count). The minimum atomic E-state index is 1.20. The van der Waals surface area contributed by atoms with E-state index in [0.29, 0.717) is 0 Å². The van der Waals surface area contributed by atoms with Crippen LogP contribution in [0.25, 0.3) is 99.1 Å². The predicted molar refractivity (Wildman–Crippen MR) is 232 cm³/mol. The summed E-state index contributed by atoms with van der Waals surface area (Å²) in [5.41, 5.74) is 14.7. The van der Waals surface area contributed by atoms with Gasteiger partial charge >= 0.3 is 0 Å². The van der Waals surface area contributed by atoms with Crippen LogP contribution in [0.2, 0.25) is 0 Å². The Bertz CT molecular complexity index is 2900. The lowest BCUT2D eigenvalue weighted by atomic mass is 9.83. The SMILES string of the molecule is c1ccc(-c2cccc(-c3ccccc3-c3c(-c4ccccc4)ccc4ccc(-c5c6ccccc6c(-c6ccccc6)c6ccccc56)cc34)c2)cc1. The zero-order chi connectivity index (χ0) is 35.8. The first-order valence-corrected chi connectivity index (χ1v) is 18.7. The van der Waals surface area contributed by atoms with Crippen LogP contribution in [0.3, 0.4) is 0 Å². The molecule has 10 aromatic carbocycles. The van der Waals surface area contributed by atoms with Crippen LogP contribution in [0.4, 0.5) is 0 Å². The Balaban J connectivity index is 1.26. The fourth-order valence-corrected chi connectivity index (χ4v) is 8.43. The van der Waals surface area contributed by atoms with E-state index in [-0.39, 0.29) is 0 Å².